The molecule has 2 aromatic rings. The Kier molecular flexibility index (Phi) is 7.30. The van der Waals surface area contributed by atoms with Crippen LogP contribution in [0.4, 0.5) is 0 Å². The Morgan fingerprint density at radius 1 is 1.23 bits per heavy atom. The maximum Gasteiger partial charge on any atom is 0.263 e. The molecule has 30 heavy (non-hydrogen) atoms. The summed E-state index contributed by atoms with van der Waals surface area (Å²) in [6, 6.07) is 4.76. The number of amides is 1. The lowest BCUT2D eigenvalue weighted by Gasteiger charge is -2.20. The Morgan fingerprint density at radius 2 is 1.90 bits per heavy atom. The predicted molar refractivity (Wildman–Crippen MR) is 113 cm³/mol. The van der Waals surface area contributed by atoms with Gasteiger partial charge in [0.2, 0.25) is 16.1 Å². The SMILES string of the molecule is CCN(CC)S(=O)(=O)c1ccc2nnn(OC(C)C(=O)NC3CCCCCC3)c2c1. The molecule has 166 valence electrons. The van der Waals surface area contributed by atoms with E-state index in [2.05, 4.69) is 15.6 Å². The van der Waals surface area contributed by atoms with E-state index < -0.39 is 16.1 Å². The minimum Gasteiger partial charge on any atom is -0.382 e. The molecule has 1 amide bonds. The van der Waals surface area contributed by atoms with Crippen LogP contribution in [0.5, 0.6) is 0 Å². The van der Waals surface area contributed by atoms with Crippen molar-refractivity contribution >= 4 is 27.0 Å². The second-order valence-electron chi connectivity index (χ2n) is 7.65. The normalized spacial score (nSPS) is 17.1. The van der Waals surface area contributed by atoms with E-state index in [9.17, 15) is 13.2 Å². The minimum absolute atomic E-state index is 0.140. The molecule has 1 N–H and O–H groups in total. The van der Waals surface area contributed by atoms with Crippen molar-refractivity contribution in [3.8, 4) is 0 Å². The summed E-state index contributed by atoms with van der Waals surface area (Å²) < 4.78 is 27.0. The van der Waals surface area contributed by atoms with Crippen molar-refractivity contribution in [2.24, 2.45) is 0 Å². The molecule has 1 aliphatic rings. The first-order valence-electron chi connectivity index (χ1n) is 10.7. The molecule has 1 aromatic heterocycles. The van der Waals surface area contributed by atoms with Gasteiger partial charge in [0.25, 0.3) is 5.91 Å². The molecule has 0 radical (unpaired) electrons. The molecule has 9 nitrogen and oxygen atoms in total. The lowest BCUT2D eigenvalue weighted by atomic mass is 10.1. The molecule has 0 spiro atoms. The van der Waals surface area contributed by atoms with Crippen LogP contribution in [0.1, 0.15) is 59.3 Å². The quantitative estimate of drug-likeness (QED) is 0.634. The fraction of sp³-hybridized carbons (Fsp3) is 0.650. The number of hydrogen-bond acceptors (Lipinski definition) is 6. The van der Waals surface area contributed by atoms with Crippen LogP contribution in [-0.2, 0) is 14.8 Å². The number of carbonyl (C=O) groups excluding carboxylic acids is 1. The average Bonchev–Trinajstić information content (AvgIpc) is 2.94. The van der Waals surface area contributed by atoms with Crippen LogP contribution in [0.2, 0.25) is 0 Å². The first-order chi connectivity index (χ1) is 14.4. The van der Waals surface area contributed by atoms with Crippen LogP contribution >= 0.6 is 0 Å². The summed E-state index contributed by atoms with van der Waals surface area (Å²) in [7, 11) is -3.63. The number of fused-ring (bicyclic) bond motifs is 1. The fourth-order valence-electron chi connectivity index (χ4n) is 3.77. The third kappa shape index (κ3) is 4.92. The maximum atomic E-state index is 12.8. The van der Waals surface area contributed by atoms with Crippen molar-refractivity contribution in [2.45, 2.75) is 76.3 Å². The lowest BCUT2D eigenvalue weighted by Crippen LogP contribution is -2.44. The molecule has 1 aromatic carbocycles. The van der Waals surface area contributed by atoms with Crippen LogP contribution in [0, 0.1) is 0 Å². The number of benzene rings is 1. The third-order valence-corrected chi connectivity index (χ3v) is 7.60. The van der Waals surface area contributed by atoms with E-state index in [1.807, 2.05) is 0 Å². The zero-order chi connectivity index (χ0) is 21.7. The van der Waals surface area contributed by atoms with Crippen LogP contribution in [-0.4, -0.2) is 59.0 Å². The van der Waals surface area contributed by atoms with Crippen molar-refractivity contribution < 1.29 is 18.0 Å². The molecule has 1 saturated carbocycles. The molecule has 0 aliphatic heterocycles. The second-order valence-corrected chi connectivity index (χ2v) is 9.58. The molecule has 1 fully saturated rings. The summed E-state index contributed by atoms with van der Waals surface area (Å²) in [5, 5.41) is 11.0. The van der Waals surface area contributed by atoms with Gasteiger partial charge in [-0.1, -0.05) is 44.4 Å². The number of hydrogen-bond donors (Lipinski definition) is 1. The molecule has 0 saturated heterocycles. The summed E-state index contributed by atoms with van der Waals surface area (Å²) in [6.45, 7) is 5.99. The zero-order valence-electron chi connectivity index (χ0n) is 17.9. The molecule has 1 unspecified atom stereocenters. The second kappa shape index (κ2) is 9.74. The van der Waals surface area contributed by atoms with Gasteiger partial charge >= 0.3 is 0 Å². The summed E-state index contributed by atoms with van der Waals surface area (Å²) in [5.41, 5.74) is 0.891. The number of carbonyl (C=O) groups is 1. The van der Waals surface area contributed by atoms with Gasteiger partial charge in [0, 0.05) is 19.1 Å². The van der Waals surface area contributed by atoms with Gasteiger partial charge in [-0.05, 0) is 43.2 Å². The highest BCUT2D eigenvalue weighted by atomic mass is 32.2. The highest BCUT2D eigenvalue weighted by molar-refractivity contribution is 7.89. The molecule has 3 rings (SSSR count). The van der Waals surface area contributed by atoms with Crippen LogP contribution in [0.15, 0.2) is 23.1 Å². The standard InChI is InChI=1S/C20H31N5O4S/c1-4-24(5-2)30(27,28)17-12-13-18-19(14-17)25(23-22-18)29-15(3)20(26)21-16-10-8-6-7-9-11-16/h12-16H,4-11H2,1-3H3,(H,21,26). The number of sulfonamides is 1. The molecule has 1 atom stereocenters. The fourth-order valence-corrected chi connectivity index (χ4v) is 5.25. The van der Waals surface area contributed by atoms with Gasteiger partial charge in [-0.25, -0.2) is 8.42 Å². The van der Waals surface area contributed by atoms with E-state index in [1.165, 1.54) is 29.3 Å². The highest BCUT2D eigenvalue weighted by Crippen LogP contribution is 2.21. The smallest absolute Gasteiger partial charge is 0.263 e. The van der Waals surface area contributed by atoms with Crippen molar-refractivity contribution in [3.05, 3.63) is 18.2 Å². The van der Waals surface area contributed by atoms with Crippen molar-refractivity contribution in [2.75, 3.05) is 13.1 Å². The Bertz CT molecular complexity index is 963. The van der Waals surface area contributed by atoms with Gasteiger partial charge in [0.15, 0.2) is 0 Å². The number of nitrogens with zero attached hydrogens (tertiary/aromatic N) is 4. The Labute approximate surface area is 177 Å². The van der Waals surface area contributed by atoms with Gasteiger partial charge in [0.1, 0.15) is 11.0 Å². The minimum atomic E-state index is -3.63. The van der Waals surface area contributed by atoms with E-state index in [4.69, 9.17) is 4.84 Å². The van der Waals surface area contributed by atoms with Crippen molar-refractivity contribution in [1.82, 2.24) is 24.8 Å². The summed E-state index contributed by atoms with van der Waals surface area (Å²) in [5.74, 6) is -0.211. The van der Waals surface area contributed by atoms with Crippen LogP contribution in [0.25, 0.3) is 11.0 Å². The monoisotopic (exact) mass is 437 g/mol. The first-order valence-corrected chi connectivity index (χ1v) is 12.1. The van der Waals surface area contributed by atoms with E-state index >= 15 is 0 Å². The van der Waals surface area contributed by atoms with E-state index in [0.717, 1.165) is 30.5 Å². The molecule has 1 aliphatic carbocycles. The molecule has 1 heterocycles. The summed E-state index contributed by atoms with van der Waals surface area (Å²) in [4.78, 5) is 19.6. The largest absolute Gasteiger partial charge is 0.382 e. The van der Waals surface area contributed by atoms with E-state index in [0.29, 0.717) is 24.1 Å². The molecule has 0 bridgehead atoms. The van der Waals surface area contributed by atoms with Gasteiger partial charge in [-0.15, -0.1) is 5.10 Å². The first kappa shape index (κ1) is 22.5. The van der Waals surface area contributed by atoms with Crippen molar-refractivity contribution in [1.29, 1.82) is 0 Å². The number of nitrogens with one attached hydrogen (secondary N) is 1. The highest BCUT2D eigenvalue weighted by Gasteiger charge is 2.24. The zero-order valence-corrected chi connectivity index (χ0v) is 18.7. The van der Waals surface area contributed by atoms with Gasteiger partial charge in [-0.2, -0.15) is 4.31 Å². The number of aromatic nitrogens is 3. The van der Waals surface area contributed by atoms with Gasteiger partial charge < -0.3 is 10.2 Å². The predicted octanol–water partition coefficient (Wildman–Crippen LogP) is 2.12. The molecular formula is C20H31N5O4S. The van der Waals surface area contributed by atoms with E-state index in [1.54, 1.807) is 26.8 Å². The Morgan fingerprint density at radius 3 is 2.53 bits per heavy atom. The summed E-state index contributed by atoms with van der Waals surface area (Å²) in [6.07, 6.45) is 5.84. The van der Waals surface area contributed by atoms with Gasteiger partial charge in [0.05, 0.1) is 4.90 Å². The molecular weight excluding hydrogens is 406 g/mol. The average molecular weight is 438 g/mol. The summed E-state index contributed by atoms with van der Waals surface area (Å²) >= 11 is 0. The number of rotatable bonds is 8. The van der Waals surface area contributed by atoms with Crippen LogP contribution in [0.3, 0.4) is 0 Å². The van der Waals surface area contributed by atoms with E-state index in [-0.39, 0.29) is 16.8 Å². The Hall–Kier alpha value is -2.20. The Balaban J connectivity index is 1.76. The topological polar surface area (TPSA) is 106 Å². The van der Waals surface area contributed by atoms with Crippen molar-refractivity contribution in [3.63, 3.8) is 0 Å². The third-order valence-electron chi connectivity index (χ3n) is 5.56. The van der Waals surface area contributed by atoms with Crippen LogP contribution < -0.4 is 10.2 Å². The molecule has 10 heteroatoms. The lowest BCUT2D eigenvalue weighted by molar-refractivity contribution is -0.133. The maximum absolute atomic E-state index is 12.8. The van der Waals surface area contributed by atoms with Gasteiger partial charge in [-0.3, -0.25) is 4.79 Å².